The van der Waals surface area contributed by atoms with Crippen molar-refractivity contribution >= 4 is 28.4 Å². The molecule has 0 saturated heterocycles. The lowest BCUT2D eigenvalue weighted by molar-refractivity contribution is 0.0763. The van der Waals surface area contributed by atoms with E-state index in [0.29, 0.717) is 23.3 Å². The van der Waals surface area contributed by atoms with E-state index in [2.05, 4.69) is 11.6 Å². The minimum Gasteiger partial charge on any atom is -0.332 e. The zero-order chi connectivity index (χ0) is 14.1. The van der Waals surface area contributed by atoms with Crippen LogP contribution in [0.15, 0.2) is 43.0 Å². The summed E-state index contributed by atoms with van der Waals surface area (Å²) in [6.07, 6.45) is 3.95. The number of halogens is 1. The monoisotopic (exact) mass is 286 g/mol. The van der Waals surface area contributed by atoms with Gasteiger partial charge < -0.3 is 4.90 Å². The second-order valence-corrected chi connectivity index (χ2v) is 5.41. The first-order valence-electron chi connectivity index (χ1n) is 6.67. The molecule has 0 atom stereocenters. The van der Waals surface area contributed by atoms with Gasteiger partial charge in [0.2, 0.25) is 0 Å². The van der Waals surface area contributed by atoms with E-state index in [4.69, 9.17) is 11.6 Å². The van der Waals surface area contributed by atoms with Gasteiger partial charge in [-0.25, -0.2) is 4.98 Å². The van der Waals surface area contributed by atoms with Gasteiger partial charge in [-0.15, -0.1) is 6.58 Å². The number of hydrogen-bond donors (Lipinski definition) is 0. The minimum atomic E-state index is 0.0595. The Morgan fingerprint density at radius 1 is 1.40 bits per heavy atom. The lowest BCUT2D eigenvalue weighted by Crippen LogP contribution is -2.33. The van der Waals surface area contributed by atoms with Crippen molar-refractivity contribution in [3.8, 4) is 0 Å². The Balaban J connectivity index is 1.94. The van der Waals surface area contributed by atoms with Crippen LogP contribution in [0.4, 0.5) is 0 Å². The van der Waals surface area contributed by atoms with Crippen LogP contribution in [0, 0.1) is 0 Å². The number of carbonyl (C=O) groups excluding carboxylic acids is 1. The average molecular weight is 287 g/mol. The third kappa shape index (κ3) is 2.54. The summed E-state index contributed by atoms with van der Waals surface area (Å²) in [4.78, 5) is 18.7. The number of carbonyl (C=O) groups is 1. The average Bonchev–Trinajstić information content (AvgIpc) is 3.28. The number of rotatable bonds is 4. The van der Waals surface area contributed by atoms with Crippen molar-refractivity contribution in [1.82, 2.24) is 9.88 Å². The van der Waals surface area contributed by atoms with Crippen LogP contribution in [0.2, 0.25) is 5.15 Å². The van der Waals surface area contributed by atoms with Gasteiger partial charge in [-0.3, -0.25) is 4.79 Å². The molecule has 4 heteroatoms. The van der Waals surface area contributed by atoms with Crippen LogP contribution in [0.1, 0.15) is 23.2 Å². The summed E-state index contributed by atoms with van der Waals surface area (Å²) in [6.45, 7) is 4.33. The number of pyridine rings is 1. The van der Waals surface area contributed by atoms with Gasteiger partial charge in [0.05, 0.1) is 5.52 Å². The molecule has 2 aromatic rings. The lowest BCUT2D eigenvalue weighted by atomic mass is 10.1. The van der Waals surface area contributed by atoms with E-state index < -0.39 is 0 Å². The number of nitrogens with zero attached hydrogens (tertiary/aromatic N) is 2. The Bertz CT molecular complexity index is 679. The molecule has 0 aliphatic heterocycles. The van der Waals surface area contributed by atoms with Gasteiger partial charge in [0, 0.05) is 23.5 Å². The molecule has 1 heterocycles. The summed E-state index contributed by atoms with van der Waals surface area (Å²) < 4.78 is 0. The quantitative estimate of drug-likeness (QED) is 0.634. The lowest BCUT2D eigenvalue weighted by Gasteiger charge is -2.20. The number of fused-ring (bicyclic) bond motifs is 1. The molecule has 1 aromatic carbocycles. The maximum Gasteiger partial charge on any atom is 0.254 e. The van der Waals surface area contributed by atoms with Crippen molar-refractivity contribution in [3.63, 3.8) is 0 Å². The summed E-state index contributed by atoms with van der Waals surface area (Å²) >= 11 is 5.87. The molecule has 1 aliphatic carbocycles. The zero-order valence-corrected chi connectivity index (χ0v) is 11.8. The molecule has 0 unspecified atom stereocenters. The van der Waals surface area contributed by atoms with E-state index in [9.17, 15) is 4.79 Å². The minimum absolute atomic E-state index is 0.0595. The van der Waals surface area contributed by atoms with E-state index in [1.807, 2.05) is 29.2 Å². The van der Waals surface area contributed by atoms with Gasteiger partial charge in [-0.2, -0.15) is 0 Å². The molecule has 3 nitrogen and oxygen atoms in total. The molecule has 0 bridgehead atoms. The van der Waals surface area contributed by atoms with Crippen LogP contribution in [0.25, 0.3) is 10.9 Å². The van der Waals surface area contributed by atoms with Gasteiger partial charge in [-0.1, -0.05) is 17.7 Å². The normalized spacial score (nSPS) is 14.2. The first-order chi connectivity index (χ1) is 9.69. The van der Waals surface area contributed by atoms with E-state index >= 15 is 0 Å². The highest BCUT2D eigenvalue weighted by Crippen LogP contribution is 2.28. The van der Waals surface area contributed by atoms with Gasteiger partial charge in [0.25, 0.3) is 5.91 Å². The molecular formula is C16H15ClN2O. The molecule has 102 valence electrons. The summed E-state index contributed by atoms with van der Waals surface area (Å²) in [6, 6.07) is 9.52. The highest BCUT2D eigenvalue weighted by molar-refractivity contribution is 6.29. The van der Waals surface area contributed by atoms with Crippen molar-refractivity contribution in [3.05, 3.63) is 53.7 Å². The Hall–Kier alpha value is -1.87. The molecule has 0 radical (unpaired) electrons. The van der Waals surface area contributed by atoms with E-state index in [0.717, 1.165) is 23.7 Å². The zero-order valence-electron chi connectivity index (χ0n) is 11.1. The van der Waals surface area contributed by atoms with Crippen LogP contribution >= 0.6 is 11.6 Å². The Labute approximate surface area is 122 Å². The molecule has 0 spiro atoms. The largest absolute Gasteiger partial charge is 0.332 e. The Morgan fingerprint density at radius 3 is 2.90 bits per heavy atom. The standard InChI is InChI=1S/C16H15ClN2O/c1-2-9-19(13-5-6-13)16(20)12-3-7-14-11(10-12)4-8-15(17)18-14/h2-4,7-8,10,13H,1,5-6,9H2. The van der Waals surface area contributed by atoms with Crippen molar-refractivity contribution in [2.75, 3.05) is 6.54 Å². The predicted molar refractivity (Wildman–Crippen MR) is 81.0 cm³/mol. The third-order valence-electron chi connectivity index (χ3n) is 3.48. The van der Waals surface area contributed by atoms with Crippen molar-refractivity contribution < 1.29 is 4.79 Å². The van der Waals surface area contributed by atoms with Crippen molar-refractivity contribution in [1.29, 1.82) is 0 Å². The first-order valence-corrected chi connectivity index (χ1v) is 7.05. The second-order valence-electron chi connectivity index (χ2n) is 5.02. The third-order valence-corrected chi connectivity index (χ3v) is 3.69. The molecule has 1 aliphatic rings. The Morgan fingerprint density at radius 2 is 2.20 bits per heavy atom. The van der Waals surface area contributed by atoms with Crippen LogP contribution in [0.3, 0.4) is 0 Å². The first kappa shape index (κ1) is 13.1. The number of aromatic nitrogens is 1. The second kappa shape index (κ2) is 5.25. The fourth-order valence-electron chi connectivity index (χ4n) is 2.32. The molecule has 3 rings (SSSR count). The molecule has 1 amide bonds. The highest BCUT2D eigenvalue weighted by Gasteiger charge is 2.32. The smallest absolute Gasteiger partial charge is 0.254 e. The van der Waals surface area contributed by atoms with E-state index in [1.54, 1.807) is 12.1 Å². The van der Waals surface area contributed by atoms with Gasteiger partial charge in [-0.05, 0) is 43.2 Å². The fraction of sp³-hybridized carbons (Fsp3) is 0.250. The van der Waals surface area contributed by atoms with Crippen LogP contribution < -0.4 is 0 Å². The fourth-order valence-corrected chi connectivity index (χ4v) is 2.48. The predicted octanol–water partition coefficient (Wildman–Crippen LogP) is 3.68. The summed E-state index contributed by atoms with van der Waals surface area (Å²) in [5, 5.41) is 1.39. The SMILES string of the molecule is C=CCN(C(=O)c1ccc2nc(Cl)ccc2c1)C1CC1. The summed E-state index contributed by atoms with van der Waals surface area (Å²) in [5.74, 6) is 0.0595. The Kier molecular flexibility index (Phi) is 3.45. The van der Waals surface area contributed by atoms with Crippen LogP contribution in [0.5, 0.6) is 0 Å². The molecule has 20 heavy (non-hydrogen) atoms. The van der Waals surface area contributed by atoms with Crippen LogP contribution in [-0.4, -0.2) is 28.4 Å². The number of amides is 1. The number of benzene rings is 1. The van der Waals surface area contributed by atoms with Gasteiger partial charge in [0.1, 0.15) is 5.15 Å². The molecule has 1 aromatic heterocycles. The van der Waals surface area contributed by atoms with Gasteiger partial charge >= 0.3 is 0 Å². The molecular weight excluding hydrogens is 272 g/mol. The van der Waals surface area contributed by atoms with Crippen LogP contribution in [-0.2, 0) is 0 Å². The molecule has 1 fully saturated rings. The maximum atomic E-state index is 12.6. The maximum absolute atomic E-state index is 12.6. The summed E-state index contributed by atoms with van der Waals surface area (Å²) in [5.41, 5.74) is 1.49. The summed E-state index contributed by atoms with van der Waals surface area (Å²) in [7, 11) is 0. The van der Waals surface area contributed by atoms with E-state index in [1.165, 1.54) is 0 Å². The highest BCUT2D eigenvalue weighted by atomic mass is 35.5. The van der Waals surface area contributed by atoms with Crippen molar-refractivity contribution in [2.45, 2.75) is 18.9 Å². The number of hydrogen-bond acceptors (Lipinski definition) is 2. The topological polar surface area (TPSA) is 33.2 Å². The van der Waals surface area contributed by atoms with E-state index in [-0.39, 0.29) is 5.91 Å². The van der Waals surface area contributed by atoms with Crippen molar-refractivity contribution in [2.24, 2.45) is 0 Å². The van der Waals surface area contributed by atoms with Gasteiger partial charge in [0.15, 0.2) is 0 Å². The molecule has 1 saturated carbocycles. The molecule has 0 N–H and O–H groups in total.